The van der Waals surface area contributed by atoms with Gasteiger partial charge in [0.05, 0.1) is 6.61 Å². The number of nitrogens with two attached hydrogens (primary N) is 1. The third-order valence-corrected chi connectivity index (χ3v) is 3.70. The molecule has 0 spiro atoms. The summed E-state index contributed by atoms with van der Waals surface area (Å²) in [5, 5.41) is 0.782. The van der Waals surface area contributed by atoms with E-state index >= 15 is 0 Å². The van der Waals surface area contributed by atoms with Crippen LogP contribution in [0.25, 0.3) is 0 Å². The number of nitrogens with zero attached hydrogens (tertiary/aromatic N) is 1. The molecule has 1 fully saturated rings. The summed E-state index contributed by atoms with van der Waals surface area (Å²) in [4.78, 5) is 2.29. The molecule has 1 aliphatic heterocycles. The summed E-state index contributed by atoms with van der Waals surface area (Å²) >= 11 is 5.88. The minimum Gasteiger partial charge on any atom is -0.381 e. The van der Waals surface area contributed by atoms with Crippen LogP contribution in [0, 0.1) is 5.92 Å². The fraction of sp³-hybridized carbons (Fsp3) is 0.571. The van der Waals surface area contributed by atoms with Gasteiger partial charge >= 0.3 is 0 Å². The first-order valence-corrected chi connectivity index (χ1v) is 6.79. The molecule has 0 aromatic heterocycles. The van der Waals surface area contributed by atoms with Gasteiger partial charge in [-0.25, -0.2) is 0 Å². The zero-order chi connectivity index (χ0) is 13.0. The smallest absolute Gasteiger partial charge is 0.0521 e. The zero-order valence-corrected chi connectivity index (χ0v) is 11.6. The summed E-state index contributed by atoms with van der Waals surface area (Å²) < 4.78 is 5.50. The minimum atomic E-state index is 0.270. The molecule has 1 saturated heterocycles. The molecule has 1 aliphatic rings. The number of hydrogen-bond donors (Lipinski definition) is 1. The number of hydrogen-bond acceptors (Lipinski definition) is 3. The predicted octanol–water partition coefficient (Wildman–Crippen LogP) is 2.14. The maximum absolute atomic E-state index is 6.12. The SMILES string of the molecule is CN(Cc1ccc(Cl)cc1)CC1COCCC1N. The Morgan fingerprint density at radius 2 is 2.11 bits per heavy atom. The Balaban J connectivity index is 1.84. The predicted molar refractivity (Wildman–Crippen MR) is 74.7 cm³/mol. The summed E-state index contributed by atoms with van der Waals surface area (Å²) in [7, 11) is 2.12. The lowest BCUT2D eigenvalue weighted by Gasteiger charge is -2.32. The Kier molecular flexibility index (Phi) is 5.01. The van der Waals surface area contributed by atoms with Gasteiger partial charge in [0.15, 0.2) is 0 Å². The van der Waals surface area contributed by atoms with Gasteiger partial charge in [-0.05, 0) is 31.2 Å². The van der Waals surface area contributed by atoms with Crippen molar-refractivity contribution in [3.63, 3.8) is 0 Å². The first kappa shape index (κ1) is 13.8. The second-order valence-electron chi connectivity index (χ2n) is 5.11. The molecule has 0 bridgehead atoms. The Hall–Kier alpha value is -0.610. The molecule has 3 nitrogen and oxygen atoms in total. The van der Waals surface area contributed by atoms with Crippen LogP contribution in [0.15, 0.2) is 24.3 Å². The van der Waals surface area contributed by atoms with Crippen LogP contribution < -0.4 is 5.73 Å². The van der Waals surface area contributed by atoms with Crippen molar-refractivity contribution in [2.75, 3.05) is 26.8 Å². The Morgan fingerprint density at radius 1 is 1.39 bits per heavy atom. The van der Waals surface area contributed by atoms with Crippen LogP contribution in [0.4, 0.5) is 0 Å². The van der Waals surface area contributed by atoms with Crippen molar-refractivity contribution in [1.29, 1.82) is 0 Å². The highest BCUT2D eigenvalue weighted by Crippen LogP contribution is 2.16. The quantitative estimate of drug-likeness (QED) is 0.909. The van der Waals surface area contributed by atoms with Crippen molar-refractivity contribution in [2.24, 2.45) is 11.7 Å². The molecule has 2 unspecified atom stereocenters. The van der Waals surface area contributed by atoms with Crippen molar-refractivity contribution in [3.8, 4) is 0 Å². The molecular formula is C14H21ClN2O. The lowest BCUT2D eigenvalue weighted by atomic mass is 9.96. The zero-order valence-electron chi connectivity index (χ0n) is 10.8. The van der Waals surface area contributed by atoms with E-state index in [1.54, 1.807) is 0 Å². The van der Waals surface area contributed by atoms with Crippen LogP contribution in [0.1, 0.15) is 12.0 Å². The normalized spacial score (nSPS) is 24.4. The van der Waals surface area contributed by atoms with E-state index in [0.717, 1.165) is 37.7 Å². The molecule has 2 N–H and O–H groups in total. The molecule has 4 heteroatoms. The number of ether oxygens (including phenoxy) is 1. The summed E-state index contributed by atoms with van der Waals surface area (Å²) in [6.45, 7) is 3.48. The van der Waals surface area contributed by atoms with Crippen LogP contribution in [0.5, 0.6) is 0 Å². The van der Waals surface area contributed by atoms with E-state index in [4.69, 9.17) is 22.1 Å². The van der Waals surface area contributed by atoms with E-state index in [9.17, 15) is 0 Å². The number of benzene rings is 1. The molecular weight excluding hydrogens is 248 g/mol. The van der Waals surface area contributed by atoms with Crippen molar-refractivity contribution >= 4 is 11.6 Å². The van der Waals surface area contributed by atoms with Crippen molar-refractivity contribution in [2.45, 2.75) is 19.0 Å². The molecule has 0 amide bonds. The van der Waals surface area contributed by atoms with E-state index in [1.807, 2.05) is 12.1 Å². The fourth-order valence-electron chi connectivity index (χ4n) is 2.37. The first-order valence-electron chi connectivity index (χ1n) is 6.41. The lowest BCUT2D eigenvalue weighted by Crippen LogP contribution is -2.44. The number of rotatable bonds is 4. The van der Waals surface area contributed by atoms with Gasteiger partial charge in [-0.15, -0.1) is 0 Å². The van der Waals surface area contributed by atoms with Gasteiger partial charge in [-0.2, -0.15) is 0 Å². The van der Waals surface area contributed by atoms with Crippen LogP contribution in [-0.2, 0) is 11.3 Å². The van der Waals surface area contributed by atoms with E-state index < -0.39 is 0 Å². The molecule has 2 atom stereocenters. The van der Waals surface area contributed by atoms with Gasteiger partial charge in [0.25, 0.3) is 0 Å². The van der Waals surface area contributed by atoms with Gasteiger partial charge in [0.2, 0.25) is 0 Å². The summed E-state index contributed by atoms with van der Waals surface area (Å²) in [6.07, 6.45) is 0.972. The van der Waals surface area contributed by atoms with E-state index in [1.165, 1.54) is 5.56 Å². The topological polar surface area (TPSA) is 38.5 Å². The van der Waals surface area contributed by atoms with Gasteiger partial charge in [-0.3, -0.25) is 0 Å². The fourth-order valence-corrected chi connectivity index (χ4v) is 2.49. The van der Waals surface area contributed by atoms with Gasteiger partial charge in [-0.1, -0.05) is 23.7 Å². The van der Waals surface area contributed by atoms with E-state index in [2.05, 4.69) is 24.1 Å². The molecule has 18 heavy (non-hydrogen) atoms. The standard InChI is InChI=1S/C14H21ClN2O/c1-17(8-11-2-4-13(15)5-3-11)9-12-10-18-7-6-14(12)16/h2-5,12,14H,6-10,16H2,1H3. The molecule has 0 radical (unpaired) electrons. The molecule has 1 aromatic rings. The van der Waals surface area contributed by atoms with Crippen LogP contribution >= 0.6 is 11.6 Å². The van der Waals surface area contributed by atoms with Crippen LogP contribution in [-0.4, -0.2) is 37.7 Å². The molecule has 1 heterocycles. The monoisotopic (exact) mass is 268 g/mol. The summed E-state index contributed by atoms with van der Waals surface area (Å²) in [6, 6.07) is 8.26. The summed E-state index contributed by atoms with van der Waals surface area (Å²) in [5.41, 5.74) is 7.39. The minimum absolute atomic E-state index is 0.270. The molecule has 100 valence electrons. The first-order chi connectivity index (χ1) is 8.65. The van der Waals surface area contributed by atoms with Gasteiger partial charge in [0.1, 0.15) is 0 Å². The molecule has 0 aliphatic carbocycles. The van der Waals surface area contributed by atoms with Crippen LogP contribution in [0.2, 0.25) is 5.02 Å². The average Bonchev–Trinajstić information content (AvgIpc) is 2.35. The second kappa shape index (κ2) is 6.53. The van der Waals surface area contributed by atoms with Crippen molar-refractivity contribution < 1.29 is 4.74 Å². The maximum atomic E-state index is 6.12. The van der Waals surface area contributed by atoms with E-state index in [0.29, 0.717) is 5.92 Å². The largest absolute Gasteiger partial charge is 0.381 e. The lowest BCUT2D eigenvalue weighted by molar-refractivity contribution is 0.0286. The number of halogens is 1. The maximum Gasteiger partial charge on any atom is 0.0521 e. The van der Waals surface area contributed by atoms with Gasteiger partial charge < -0.3 is 15.4 Å². The highest BCUT2D eigenvalue weighted by atomic mass is 35.5. The molecule has 0 saturated carbocycles. The van der Waals surface area contributed by atoms with Crippen molar-refractivity contribution in [1.82, 2.24) is 4.90 Å². The Bertz CT molecular complexity index is 369. The third-order valence-electron chi connectivity index (χ3n) is 3.44. The molecule has 2 rings (SSSR count). The van der Waals surface area contributed by atoms with Gasteiger partial charge in [0, 0.05) is 36.7 Å². The highest BCUT2D eigenvalue weighted by molar-refractivity contribution is 6.30. The highest BCUT2D eigenvalue weighted by Gasteiger charge is 2.23. The van der Waals surface area contributed by atoms with Crippen molar-refractivity contribution in [3.05, 3.63) is 34.9 Å². The second-order valence-corrected chi connectivity index (χ2v) is 5.55. The average molecular weight is 269 g/mol. The Labute approximate surface area is 114 Å². The van der Waals surface area contributed by atoms with Crippen LogP contribution in [0.3, 0.4) is 0 Å². The third kappa shape index (κ3) is 3.95. The van der Waals surface area contributed by atoms with E-state index in [-0.39, 0.29) is 6.04 Å². The summed E-state index contributed by atoms with van der Waals surface area (Å²) in [5.74, 6) is 0.441. The Morgan fingerprint density at radius 3 is 2.78 bits per heavy atom. The molecule has 1 aromatic carbocycles.